The van der Waals surface area contributed by atoms with Gasteiger partial charge >= 0.3 is 0 Å². The van der Waals surface area contributed by atoms with Crippen molar-refractivity contribution in [2.45, 2.75) is 39.1 Å². The molecule has 3 aromatic carbocycles. The third-order valence-electron chi connectivity index (χ3n) is 5.40. The topological polar surface area (TPSA) is 21.6 Å². The first kappa shape index (κ1) is 16.9. The van der Waals surface area contributed by atoms with Crippen molar-refractivity contribution in [3.8, 4) is 0 Å². The molecule has 2 nitrogen and oxygen atoms in total. The molecule has 1 atom stereocenters. The number of rotatable bonds is 3. The molecule has 0 spiro atoms. The minimum atomic E-state index is -0.406. The maximum atomic E-state index is 6.00. The lowest BCUT2D eigenvalue weighted by atomic mass is 9.85. The number of oxime groups is 1. The van der Waals surface area contributed by atoms with E-state index in [4.69, 9.17) is 4.84 Å². The van der Waals surface area contributed by atoms with Crippen molar-refractivity contribution in [3.05, 3.63) is 82.4 Å². The Hall–Kier alpha value is -2.55. The van der Waals surface area contributed by atoms with Gasteiger partial charge in [0.05, 0.1) is 5.71 Å². The summed E-state index contributed by atoms with van der Waals surface area (Å²) in [6.45, 7) is 6.40. The molecule has 0 saturated heterocycles. The van der Waals surface area contributed by atoms with E-state index in [9.17, 15) is 0 Å². The summed E-state index contributed by atoms with van der Waals surface area (Å²) in [6, 6.07) is 19.7. The largest absolute Gasteiger partial charge is 0.384 e. The Morgan fingerprint density at radius 1 is 1.00 bits per heavy atom. The van der Waals surface area contributed by atoms with Crippen LogP contribution in [0.5, 0.6) is 0 Å². The standard InChI is InChI=1S/C23H24BNO/c1-15-10-16(2)12-18(11-15)23(3)13-22(25-26-23)21-9-8-17(14-24)19-6-4-5-7-20(19)21/h4-12H,13-14,24H2,1-3H3. The molecule has 0 fully saturated rings. The highest BCUT2D eigenvalue weighted by molar-refractivity contribution is 6.14. The van der Waals surface area contributed by atoms with Crippen LogP contribution in [-0.4, -0.2) is 13.6 Å². The molecule has 0 saturated carbocycles. The van der Waals surface area contributed by atoms with Gasteiger partial charge in [0.2, 0.25) is 0 Å². The molecular weight excluding hydrogens is 317 g/mol. The van der Waals surface area contributed by atoms with E-state index in [0.717, 1.165) is 18.5 Å². The van der Waals surface area contributed by atoms with E-state index in [1.165, 1.54) is 38.6 Å². The Morgan fingerprint density at radius 3 is 2.38 bits per heavy atom. The third kappa shape index (κ3) is 2.82. The number of nitrogens with zero attached hydrogens (tertiary/aromatic N) is 1. The lowest BCUT2D eigenvalue weighted by Crippen LogP contribution is -2.22. The highest BCUT2D eigenvalue weighted by atomic mass is 16.7. The van der Waals surface area contributed by atoms with E-state index in [1.807, 2.05) is 0 Å². The molecule has 1 aliphatic heterocycles. The minimum absolute atomic E-state index is 0.406. The Labute approximate surface area is 156 Å². The van der Waals surface area contributed by atoms with E-state index >= 15 is 0 Å². The molecule has 1 heterocycles. The molecule has 0 aliphatic carbocycles. The first-order chi connectivity index (χ1) is 12.5. The van der Waals surface area contributed by atoms with Crippen molar-refractivity contribution >= 4 is 24.3 Å². The molecular formula is C23H24BNO. The summed E-state index contributed by atoms with van der Waals surface area (Å²) >= 11 is 0. The van der Waals surface area contributed by atoms with Gasteiger partial charge in [-0.15, -0.1) is 0 Å². The van der Waals surface area contributed by atoms with E-state index in [-0.39, 0.29) is 0 Å². The lowest BCUT2D eigenvalue weighted by Gasteiger charge is -2.23. The SMILES string of the molecule is BCc1ccc(C2=NOC(C)(c3cc(C)cc(C)c3)C2)c2ccccc12. The number of aryl methyl sites for hydroxylation is 2. The maximum absolute atomic E-state index is 6.00. The first-order valence-corrected chi connectivity index (χ1v) is 9.35. The smallest absolute Gasteiger partial charge is 0.165 e. The molecule has 0 N–H and O–H groups in total. The van der Waals surface area contributed by atoms with Crippen LogP contribution >= 0.6 is 0 Å². The van der Waals surface area contributed by atoms with Gasteiger partial charge in [-0.2, -0.15) is 0 Å². The van der Waals surface area contributed by atoms with E-state index < -0.39 is 5.60 Å². The highest BCUT2D eigenvalue weighted by Crippen LogP contribution is 2.38. The van der Waals surface area contributed by atoms with Gasteiger partial charge in [-0.05, 0) is 42.7 Å². The number of fused-ring (bicyclic) bond motifs is 1. The molecule has 4 rings (SSSR count). The van der Waals surface area contributed by atoms with Crippen LogP contribution < -0.4 is 0 Å². The fraction of sp³-hybridized carbons (Fsp3) is 0.261. The number of hydrogen-bond acceptors (Lipinski definition) is 2. The Balaban J connectivity index is 1.74. The molecule has 3 aromatic rings. The Morgan fingerprint density at radius 2 is 1.69 bits per heavy atom. The van der Waals surface area contributed by atoms with Gasteiger partial charge in [0.1, 0.15) is 7.85 Å². The van der Waals surface area contributed by atoms with Gasteiger partial charge in [0, 0.05) is 12.0 Å². The van der Waals surface area contributed by atoms with Gasteiger partial charge in [-0.3, -0.25) is 0 Å². The van der Waals surface area contributed by atoms with E-state index in [0.29, 0.717) is 0 Å². The second-order valence-corrected chi connectivity index (χ2v) is 7.58. The van der Waals surface area contributed by atoms with Crippen LogP contribution in [0.4, 0.5) is 0 Å². The normalized spacial score (nSPS) is 19.4. The van der Waals surface area contributed by atoms with Crippen LogP contribution in [0.25, 0.3) is 10.8 Å². The predicted molar refractivity (Wildman–Crippen MR) is 112 cm³/mol. The van der Waals surface area contributed by atoms with Crippen LogP contribution in [-0.2, 0) is 16.8 Å². The summed E-state index contributed by atoms with van der Waals surface area (Å²) in [5.74, 6) is 0. The lowest BCUT2D eigenvalue weighted by molar-refractivity contribution is -0.00746. The zero-order valence-corrected chi connectivity index (χ0v) is 16.0. The summed E-state index contributed by atoms with van der Waals surface area (Å²) in [5, 5.41) is 7.09. The molecule has 0 bridgehead atoms. The van der Waals surface area contributed by atoms with Gasteiger partial charge < -0.3 is 4.84 Å². The molecule has 26 heavy (non-hydrogen) atoms. The van der Waals surface area contributed by atoms with Crippen molar-refractivity contribution in [2.75, 3.05) is 0 Å². The number of benzene rings is 3. The zero-order valence-electron chi connectivity index (χ0n) is 16.0. The molecule has 3 heteroatoms. The predicted octanol–water partition coefficient (Wildman–Crippen LogP) is 4.63. The summed E-state index contributed by atoms with van der Waals surface area (Å²) in [6.07, 6.45) is 1.81. The zero-order chi connectivity index (χ0) is 18.3. The molecule has 130 valence electrons. The second-order valence-electron chi connectivity index (χ2n) is 7.58. The maximum Gasteiger partial charge on any atom is 0.165 e. The van der Waals surface area contributed by atoms with Crippen LogP contribution in [0.15, 0.2) is 59.8 Å². The molecule has 1 aliphatic rings. The van der Waals surface area contributed by atoms with Gasteiger partial charge in [-0.1, -0.05) is 77.2 Å². The van der Waals surface area contributed by atoms with Crippen molar-refractivity contribution < 1.29 is 4.84 Å². The van der Waals surface area contributed by atoms with E-state index in [2.05, 4.69) is 88.4 Å². The van der Waals surface area contributed by atoms with E-state index in [1.54, 1.807) is 0 Å². The first-order valence-electron chi connectivity index (χ1n) is 9.35. The fourth-order valence-electron chi connectivity index (χ4n) is 4.04. The summed E-state index contributed by atoms with van der Waals surface area (Å²) in [4.78, 5) is 6.00. The van der Waals surface area contributed by atoms with Crippen molar-refractivity contribution in [2.24, 2.45) is 5.16 Å². The molecule has 0 amide bonds. The van der Waals surface area contributed by atoms with Crippen molar-refractivity contribution in [1.82, 2.24) is 0 Å². The Kier molecular flexibility index (Phi) is 4.10. The average molecular weight is 341 g/mol. The molecule has 1 unspecified atom stereocenters. The van der Waals surface area contributed by atoms with Crippen molar-refractivity contribution in [1.29, 1.82) is 0 Å². The second kappa shape index (κ2) is 6.32. The monoisotopic (exact) mass is 341 g/mol. The van der Waals surface area contributed by atoms with Crippen LogP contribution in [0.2, 0.25) is 0 Å². The highest BCUT2D eigenvalue weighted by Gasteiger charge is 2.37. The van der Waals surface area contributed by atoms with Crippen LogP contribution in [0.1, 0.15) is 41.2 Å². The van der Waals surface area contributed by atoms with Crippen LogP contribution in [0.3, 0.4) is 0 Å². The van der Waals surface area contributed by atoms with Gasteiger partial charge in [0.15, 0.2) is 5.60 Å². The summed E-state index contributed by atoms with van der Waals surface area (Å²) in [5.41, 5.74) is 6.91. The summed E-state index contributed by atoms with van der Waals surface area (Å²) in [7, 11) is 2.20. The Bertz CT molecular complexity index is 1000. The minimum Gasteiger partial charge on any atom is -0.384 e. The molecule has 0 radical (unpaired) electrons. The third-order valence-corrected chi connectivity index (χ3v) is 5.40. The quantitative estimate of drug-likeness (QED) is 0.637. The average Bonchev–Trinajstić information content (AvgIpc) is 3.03. The summed E-state index contributed by atoms with van der Waals surface area (Å²) < 4.78 is 0. The van der Waals surface area contributed by atoms with Gasteiger partial charge in [0.25, 0.3) is 0 Å². The van der Waals surface area contributed by atoms with Gasteiger partial charge in [-0.25, -0.2) is 0 Å². The van der Waals surface area contributed by atoms with Crippen molar-refractivity contribution in [3.63, 3.8) is 0 Å². The van der Waals surface area contributed by atoms with Crippen LogP contribution in [0, 0.1) is 13.8 Å². The fourth-order valence-corrected chi connectivity index (χ4v) is 4.04. The molecule has 0 aromatic heterocycles. The number of hydrogen-bond donors (Lipinski definition) is 0.